The van der Waals surface area contributed by atoms with Gasteiger partial charge in [0.05, 0.1) is 5.52 Å². The van der Waals surface area contributed by atoms with Crippen molar-refractivity contribution >= 4 is 22.3 Å². The van der Waals surface area contributed by atoms with Gasteiger partial charge >= 0.3 is 0 Å². The number of aromatic nitrogens is 2. The van der Waals surface area contributed by atoms with Gasteiger partial charge in [-0.05, 0) is 43.9 Å². The van der Waals surface area contributed by atoms with E-state index in [-0.39, 0.29) is 0 Å². The minimum Gasteiger partial charge on any atom is -0.373 e. The topological polar surface area (TPSA) is 37.8 Å². The molecule has 0 radical (unpaired) electrons. The molecule has 24 heavy (non-hydrogen) atoms. The summed E-state index contributed by atoms with van der Waals surface area (Å²) >= 11 is 0. The molecule has 0 aliphatic heterocycles. The van der Waals surface area contributed by atoms with E-state index in [0.717, 1.165) is 28.7 Å². The minimum absolute atomic E-state index is 0.831. The molecule has 0 spiro atoms. The maximum atomic E-state index is 4.60. The predicted molar refractivity (Wildman–Crippen MR) is 105 cm³/mol. The maximum absolute atomic E-state index is 4.60. The third kappa shape index (κ3) is 4.31. The Hall–Kier alpha value is -2.42. The zero-order chi connectivity index (χ0) is 17.5. The first-order valence-electron chi connectivity index (χ1n) is 8.55. The number of allylic oxidation sites excluding steroid dienone is 5. The number of fused-ring (bicyclic) bond motifs is 1. The summed E-state index contributed by atoms with van der Waals surface area (Å²) in [5, 5.41) is 4.09. The Bertz CT molecular complexity index is 785. The number of nitrogens with one attached hydrogen (secondary N) is 1. The van der Waals surface area contributed by atoms with Crippen molar-refractivity contribution in [3.8, 4) is 0 Å². The summed E-state index contributed by atoms with van der Waals surface area (Å²) in [5.41, 5.74) is 5.66. The van der Waals surface area contributed by atoms with Gasteiger partial charge in [0, 0.05) is 36.5 Å². The van der Waals surface area contributed by atoms with Crippen molar-refractivity contribution in [2.75, 3.05) is 12.4 Å². The van der Waals surface area contributed by atoms with E-state index in [1.807, 2.05) is 25.5 Å². The zero-order valence-electron chi connectivity index (χ0n) is 15.2. The molecule has 0 atom stereocenters. The van der Waals surface area contributed by atoms with Crippen molar-refractivity contribution in [3.63, 3.8) is 0 Å². The second-order valence-corrected chi connectivity index (χ2v) is 6.03. The molecule has 0 amide bonds. The Kier molecular flexibility index (Phi) is 6.30. The number of hydrogen-bond acceptors (Lipinski definition) is 3. The van der Waals surface area contributed by atoms with Crippen LogP contribution in [0.4, 0.5) is 5.82 Å². The van der Waals surface area contributed by atoms with Crippen molar-refractivity contribution < 1.29 is 0 Å². The quantitative estimate of drug-likeness (QED) is 0.658. The van der Waals surface area contributed by atoms with Crippen LogP contribution in [-0.2, 0) is 0 Å². The largest absolute Gasteiger partial charge is 0.373 e. The van der Waals surface area contributed by atoms with Gasteiger partial charge in [-0.2, -0.15) is 0 Å². The lowest BCUT2D eigenvalue weighted by molar-refractivity contribution is 0.799. The van der Waals surface area contributed by atoms with Crippen LogP contribution >= 0.6 is 0 Å². The highest BCUT2D eigenvalue weighted by Crippen LogP contribution is 2.26. The molecule has 1 N–H and O–H groups in total. The molecule has 2 aromatic rings. The second-order valence-electron chi connectivity index (χ2n) is 6.03. The van der Waals surface area contributed by atoms with E-state index < -0.39 is 0 Å². The number of nitrogens with zero attached hydrogens (tertiary/aromatic N) is 2. The Labute approximate surface area is 145 Å². The van der Waals surface area contributed by atoms with Gasteiger partial charge in [-0.15, -0.1) is 0 Å². The van der Waals surface area contributed by atoms with Gasteiger partial charge in [0.15, 0.2) is 0 Å². The average molecular weight is 321 g/mol. The molecule has 0 fully saturated rings. The van der Waals surface area contributed by atoms with Gasteiger partial charge in [0.1, 0.15) is 5.82 Å². The molecule has 0 aromatic carbocycles. The number of anilines is 1. The maximum Gasteiger partial charge on any atom is 0.127 e. The second kappa shape index (κ2) is 8.44. The molecular weight excluding hydrogens is 294 g/mol. The normalized spacial score (nSPS) is 12.5. The molecule has 0 aliphatic carbocycles. The monoisotopic (exact) mass is 321 g/mol. The Morgan fingerprint density at radius 1 is 1.25 bits per heavy atom. The van der Waals surface area contributed by atoms with Crippen LogP contribution in [0.3, 0.4) is 0 Å². The van der Waals surface area contributed by atoms with Crippen molar-refractivity contribution in [2.45, 2.75) is 40.0 Å². The van der Waals surface area contributed by atoms with Crippen LogP contribution in [0.5, 0.6) is 0 Å². The van der Waals surface area contributed by atoms with Gasteiger partial charge in [-0.3, -0.25) is 4.98 Å². The molecule has 126 valence electrons. The summed E-state index contributed by atoms with van der Waals surface area (Å²) in [6.45, 7) is 10.6. The van der Waals surface area contributed by atoms with E-state index in [4.69, 9.17) is 0 Å². The van der Waals surface area contributed by atoms with E-state index in [2.05, 4.69) is 60.9 Å². The van der Waals surface area contributed by atoms with Gasteiger partial charge < -0.3 is 5.32 Å². The fraction of sp³-hybridized carbons (Fsp3) is 0.333. The third-order valence-electron chi connectivity index (χ3n) is 4.12. The first-order chi connectivity index (χ1) is 11.6. The predicted octanol–water partition coefficient (Wildman–Crippen LogP) is 5.77. The highest BCUT2D eigenvalue weighted by atomic mass is 14.9. The first kappa shape index (κ1) is 17.9. The molecule has 2 heterocycles. The van der Waals surface area contributed by atoms with E-state index in [0.29, 0.717) is 0 Å². The molecule has 0 saturated carbocycles. The van der Waals surface area contributed by atoms with Crippen LogP contribution < -0.4 is 5.32 Å². The summed E-state index contributed by atoms with van der Waals surface area (Å²) in [7, 11) is 1.86. The lowest BCUT2D eigenvalue weighted by Gasteiger charge is -2.10. The molecule has 2 rings (SSSR count). The van der Waals surface area contributed by atoms with Gasteiger partial charge in [0.2, 0.25) is 0 Å². The number of pyridine rings is 2. The van der Waals surface area contributed by atoms with Gasteiger partial charge in [0.25, 0.3) is 0 Å². The van der Waals surface area contributed by atoms with E-state index in [9.17, 15) is 0 Å². The first-order valence-corrected chi connectivity index (χ1v) is 8.55. The minimum atomic E-state index is 0.831. The van der Waals surface area contributed by atoms with Crippen molar-refractivity contribution in [3.05, 3.63) is 60.0 Å². The van der Waals surface area contributed by atoms with Crippen molar-refractivity contribution in [2.24, 2.45) is 0 Å². The smallest absolute Gasteiger partial charge is 0.127 e. The number of rotatable bonds is 7. The standard InChI is InChI=1S/C21H27N3/c1-6-8-9-15(3)10-16(4)19(7-2)17-11-18-14-24-21(22-5)12-20(18)23-13-17/h7,10-14H,3,6,8-9H2,1-2,4-5H3,(H,22,24)/b16-10-,19-7+. The molecule has 2 aromatic heterocycles. The summed E-state index contributed by atoms with van der Waals surface area (Å²) < 4.78 is 0. The Balaban J connectivity index is 2.32. The van der Waals surface area contributed by atoms with Crippen LogP contribution in [-0.4, -0.2) is 17.0 Å². The summed E-state index contributed by atoms with van der Waals surface area (Å²) in [5.74, 6) is 0.831. The average Bonchev–Trinajstić information content (AvgIpc) is 2.60. The lowest BCUT2D eigenvalue weighted by Crippen LogP contribution is -1.94. The fourth-order valence-corrected chi connectivity index (χ4v) is 2.79. The highest BCUT2D eigenvalue weighted by Gasteiger charge is 2.07. The molecule has 0 bridgehead atoms. The summed E-state index contributed by atoms with van der Waals surface area (Å²) in [6.07, 6.45) is 11.6. The Morgan fingerprint density at radius 2 is 2.04 bits per heavy atom. The van der Waals surface area contributed by atoms with E-state index in [1.54, 1.807) is 0 Å². The Morgan fingerprint density at radius 3 is 2.71 bits per heavy atom. The summed E-state index contributed by atoms with van der Waals surface area (Å²) in [6, 6.07) is 4.11. The zero-order valence-corrected chi connectivity index (χ0v) is 15.2. The van der Waals surface area contributed by atoms with Crippen LogP contribution in [0.2, 0.25) is 0 Å². The molecule has 0 aliphatic rings. The van der Waals surface area contributed by atoms with Gasteiger partial charge in [-0.1, -0.05) is 37.6 Å². The van der Waals surface area contributed by atoms with Crippen molar-refractivity contribution in [1.29, 1.82) is 0 Å². The molecule has 3 nitrogen and oxygen atoms in total. The van der Waals surface area contributed by atoms with Crippen LogP contribution in [0.25, 0.3) is 16.5 Å². The summed E-state index contributed by atoms with van der Waals surface area (Å²) in [4.78, 5) is 8.98. The van der Waals surface area contributed by atoms with Gasteiger partial charge in [-0.25, -0.2) is 4.98 Å². The SMILES string of the molecule is C=C(/C=C(C)\C(=C/C)c1cnc2cc(NC)ncc2c1)CCCC. The van der Waals surface area contributed by atoms with E-state index >= 15 is 0 Å². The van der Waals surface area contributed by atoms with Crippen LogP contribution in [0, 0.1) is 0 Å². The lowest BCUT2D eigenvalue weighted by atomic mass is 9.96. The third-order valence-corrected chi connectivity index (χ3v) is 4.12. The van der Waals surface area contributed by atoms with Crippen molar-refractivity contribution in [1.82, 2.24) is 9.97 Å². The molecule has 0 unspecified atom stereocenters. The number of hydrogen-bond donors (Lipinski definition) is 1. The molecular formula is C21H27N3. The highest BCUT2D eigenvalue weighted by molar-refractivity contribution is 5.87. The molecule has 3 heteroatoms. The fourth-order valence-electron chi connectivity index (χ4n) is 2.79. The van der Waals surface area contributed by atoms with Crippen LogP contribution in [0.1, 0.15) is 45.6 Å². The van der Waals surface area contributed by atoms with Crippen LogP contribution in [0.15, 0.2) is 54.4 Å². The number of unbranched alkanes of at least 4 members (excludes halogenated alkanes) is 1. The molecule has 0 saturated heterocycles. The van der Waals surface area contributed by atoms with E-state index in [1.165, 1.54) is 29.6 Å².